The van der Waals surface area contributed by atoms with Gasteiger partial charge in [0.15, 0.2) is 5.88 Å². The van der Waals surface area contributed by atoms with Crippen molar-refractivity contribution >= 4 is 11.8 Å². The molecule has 1 saturated heterocycles. The first kappa shape index (κ1) is 40.1. The zero-order valence-corrected chi connectivity index (χ0v) is 33.5. The van der Waals surface area contributed by atoms with E-state index >= 15 is 0 Å². The van der Waals surface area contributed by atoms with E-state index in [9.17, 15) is 10.2 Å². The molecule has 7 rings (SSSR count). The van der Waals surface area contributed by atoms with Gasteiger partial charge in [-0.2, -0.15) is 0 Å². The fourth-order valence-corrected chi connectivity index (χ4v) is 8.22. The Morgan fingerprint density at radius 1 is 0.579 bits per heavy atom. The number of aromatic nitrogens is 5. The van der Waals surface area contributed by atoms with E-state index in [4.69, 9.17) is 19.9 Å². The van der Waals surface area contributed by atoms with Gasteiger partial charge in [0.25, 0.3) is 0 Å². The highest BCUT2D eigenvalue weighted by Crippen LogP contribution is 2.37. The van der Waals surface area contributed by atoms with Crippen LogP contribution in [0.3, 0.4) is 0 Å². The Hall–Kier alpha value is -5.11. The molecular weight excluding hydrogens is 731 g/mol. The van der Waals surface area contributed by atoms with Gasteiger partial charge in [-0.1, -0.05) is 43.3 Å². The van der Waals surface area contributed by atoms with E-state index < -0.39 is 0 Å². The summed E-state index contributed by atoms with van der Waals surface area (Å²) < 4.78 is 1.51. The van der Waals surface area contributed by atoms with Gasteiger partial charge in [0.05, 0.1) is 33.4 Å². The van der Waals surface area contributed by atoms with Gasteiger partial charge >= 0.3 is 0 Å². The van der Waals surface area contributed by atoms with Gasteiger partial charge in [-0.25, -0.2) is 0 Å². The minimum atomic E-state index is 0.0227. The molecule has 0 radical (unpaired) electrons. The van der Waals surface area contributed by atoms with Gasteiger partial charge in [0.1, 0.15) is 0 Å². The minimum absolute atomic E-state index is 0.0227. The Morgan fingerprint density at radius 2 is 1.05 bits per heavy atom. The number of hydrogen-bond acceptors (Lipinski definition) is 11. The van der Waals surface area contributed by atoms with Crippen LogP contribution in [0.1, 0.15) is 35.3 Å². The average molecular weight is 784 g/mol. The van der Waals surface area contributed by atoms with Gasteiger partial charge in [0, 0.05) is 109 Å². The average Bonchev–Trinajstić information content (AvgIpc) is 3.52. The molecule has 1 aliphatic rings. The molecule has 5 aromatic heterocycles. The Morgan fingerprint density at radius 3 is 1.54 bits per heavy atom. The van der Waals surface area contributed by atoms with Crippen LogP contribution in [0.5, 0.6) is 11.8 Å². The molecule has 0 saturated carbocycles. The van der Waals surface area contributed by atoms with Crippen LogP contribution in [0.2, 0.25) is 0 Å². The maximum absolute atomic E-state index is 11.0. The molecule has 11 nitrogen and oxygen atoms in total. The quantitative estimate of drug-likeness (QED) is 0.125. The molecule has 0 bridgehead atoms. The summed E-state index contributed by atoms with van der Waals surface area (Å²) >= 11 is 1.51. The lowest BCUT2D eigenvalue weighted by Gasteiger charge is -2.39. The maximum atomic E-state index is 11.0. The molecule has 1 atom stereocenters. The molecule has 0 aliphatic carbocycles. The SMILES string of the molecule is CCSc1cc(O)n(-c2ccc(CC3CN(Cc4ccccn4)CCN(Cc4ccccn4)CCN(Cc4ccccn4)CCN3Cc3ccccn3)cc2)c1O. The predicted octanol–water partition coefficient (Wildman–Crippen LogP) is 6.51. The number of hydrogen-bond donors (Lipinski definition) is 2. The summed E-state index contributed by atoms with van der Waals surface area (Å²) in [5.41, 5.74) is 6.12. The molecular formula is C45H53N9O2S. The summed E-state index contributed by atoms with van der Waals surface area (Å²) in [4.78, 5) is 29.9. The summed E-state index contributed by atoms with van der Waals surface area (Å²) in [5, 5.41) is 21.7. The van der Waals surface area contributed by atoms with Gasteiger partial charge in [-0.15, -0.1) is 11.8 Å². The van der Waals surface area contributed by atoms with E-state index in [1.807, 2.05) is 68.1 Å². The first-order valence-corrected chi connectivity index (χ1v) is 20.9. The van der Waals surface area contributed by atoms with E-state index in [-0.39, 0.29) is 17.8 Å². The van der Waals surface area contributed by atoms with Crippen LogP contribution in [0.25, 0.3) is 5.69 Å². The third kappa shape index (κ3) is 11.5. The lowest BCUT2D eigenvalue weighted by molar-refractivity contribution is 0.0841. The smallest absolute Gasteiger partial charge is 0.212 e. The summed E-state index contributed by atoms with van der Waals surface area (Å²) in [6.07, 6.45) is 8.32. The third-order valence-corrected chi connectivity index (χ3v) is 11.4. The monoisotopic (exact) mass is 783 g/mol. The number of rotatable bonds is 13. The van der Waals surface area contributed by atoms with Gasteiger partial charge in [-0.05, 0) is 78.4 Å². The zero-order chi connectivity index (χ0) is 39.2. The summed E-state index contributed by atoms with van der Waals surface area (Å²) in [5.74, 6) is 0.882. The highest BCUT2D eigenvalue weighted by molar-refractivity contribution is 7.99. The number of aromatic hydroxyl groups is 2. The number of nitrogens with zero attached hydrogens (tertiary/aromatic N) is 9. The minimum Gasteiger partial charge on any atom is -0.494 e. The standard InChI is InChI=1S/C45H53N9O2S/c1-2-57-43-30-44(55)54(45(43)56)41-17-15-36(16-18-41)29-42-35-52(33-39-13-5-9-21-48-39)26-25-50(31-37-11-3-7-19-46-37)23-24-51(32-38-12-4-8-20-47-38)27-28-53(42)34-40-14-6-10-22-49-40/h3-22,30,42,55-56H,2,23-29,31-35H2,1H3. The van der Waals surface area contributed by atoms with E-state index in [1.165, 1.54) is 21.9 Å². The van der Waals surface area contributed by atoms with Crippen molar-refractivity contribution in [3.8, 4) is 17.4 Å². The van der Waals surface area contributed by atoms with E-state index in [0.29, 0.717) is 11.4 Å². The molecule has 6 heterocycles. The number of pyridine rings is 4. The third-order valence-electron chi connectivity index (χ3n) is 10.5. The molecule has 6 aromatic rings. The second-order valence-electron chi connectivity index (χ2n) is 14.5. The van der Waals surface area contributed by atoms with Crippen molar-refractivity contribution in [2.75, 3.05) is 51.6 Å². The molecule has 12 heteroatoms. The number of thioether (sulfide) groups is 1. The molecule has 2 N–H and O–H groups in total. The van der Waals surface area contributed by atoms with Crippen LogP contribution < -0.4 is 0 Å². The van der Waals surface area contributed by atoms with Crippen LogP contribution in [0, 0.1) is 0 Å². The maximum Gasteiger partial charge on any atom is 0.212 e. The second-order valence-corrected chi connectivity index (χ2v) is 15.8. The normalized spacial score (nSPS) is 16.9. The van der Waals surface area contributed by atoms with Crippen molar-refractivity contribution in [1.82, 2.24) is 44.1 Å². The Balaban J connectivity index is 1.22. The van der Waals surface area contributed by atoms with Crippen molar-refractivity contribution in [2.45, 2.75) is 50.5 Å². The Bertz CT molecular complexity index is 2070. The molecule has 1 fully saturated rings. The van der Waals surface area contributed by atoms with Gasteiger partial charge < -0.3 is 10.2 Å². The first-order chi connectivity index (χ1) is 28.0. The van der Waals surface area contributed by atoms with Crippen LogP contribution in [0.15, 0.2) is 133 Å². The first-order valence-electron chi connectivity index (χ1n) is 19.9. The second kappa shape index (κ2) is 20.4. The summed E-state index contributed by atoms with van der Waals surface area (Å²) in [7, 11) is 0. The highest BCUT2D eigenvalue weighted by Gasteiger charge is 2.26. The largest absolute Gasteiger partial charge is 0.494 e. The van der Waals surface area contributed by atoms with E-state index in [2.05, 4.69) is 80.3 Å². The van der Waals surface area contributed by atoms with E-state index in [0.717, 1.165) is 106 Å². The van der Waals surface area contributed by atoms with Crippen molar-refractivity contribution < 1.29 is 10.2 Å². The van der Waals surface area contributed by atoms with Crippen molar-refractivity contribution in [2.24, 2.45) is 0 Å². The molecule has 57 heavy (non-hydrogen) atoms. The van der Waals surface area contributed by atoms with Crippen molar-refractivity contribution in [3.63, 3.8) is 0 Å². The molecule has 0 spiro atoms. The topological polar surface area (TPSA) is 110 Å². The van der Waals surface area contributed by atoms with Crippen LogP contribution in [-0.2, 0) is 32.6 Å². The van der Waals surface area contributed by atoms with Gasteiger partial charge in [-0.3, -0.25) is 44.1 Å². The van der Waals surface area contributed by atoms with E-state index in [1.54, 1.807) is 6.07 Å². The van der Waals surface area contributed by atoms with Crippen molar-refractivity contribution in [3.05, 3.63) is 156 Å². The lowest BCUT2D eigenvalue weighted by atomic mass is 10.0. The van der Waals surface area contributed by atoms with Crippen LogP contribution in [0.4, 0.5) is 0 Å². The number of benzene rings is 1. The zero-order valence-electron chi connectivity index (χ0n) is 32.7. The van der Waals surface area contributed by atoms with Crippen LogP contribution in [-0.4, -0.2) is 112 Å². The Kier molecular flexibility index (Phi) is 14.3. The molecule has 1 unspecified atom stereocenters. The fraction of sp³-hybridized carbons (Fsp3) is 0.333. The summed E-state index contributed by atoms with van der Waals surface area (Å²) in [6, 6.07) is 34.6. The van der Waals surface area contributed by atoms with Crippen molar-refractivity contribution in [1.29, 1.82) is 0 Å². The molecule has 296 valence electrons. The summed E-state index contributed by atoms with van der Waals surface area (Å²) in [6.45, 7) is 11.1. The molecule has 1 aromatic carbocycles. The Labute approximate surface area is 340 Å². The highest BCUT2D eigenvalue weighted by atomic mass is 32.2. The molecule has 0 amide bonds. The fourth-order valence-electron chi connectivity index (χ4n) is 7.50. The lowest BCUT2D eigenvalue weighted by Crippen LogP contribution is -2.50. The van der Waals surface area contributed by atoms with Gasteiger partial charge in [0.2, 0.25) is 5.88 Å². The predicted molar refractivity (Wildman–Crippen MR) is 226 cm³/mol. The van der Waals surface area contributed by atoms with Crippen LogP contribution >= 0.6 is 11.8 Å². The molecule has 1 aliphatic heterocycles.